The molecular weight excluding hydrogens is 266 g/mol. The van der Waals surface area contributed by atoms with E-state index in [1.165, 1.54) is 0 Å². The molecule has 0 unspecified atom stereocenters. The zero-order valence-corrected chi connectivity index (χ0v) is 11.3. The normalized spacial score (nSPS) is 12.1. The van der Waals surface area contributed by atoms with Crippen molar-refractivity contribution in [1.29, 1.82) is 0 Å². The first-order valence-electron chi connectivity index (χ1n) is 5.54. The van der Waals surface area contributed by atoms with E-state index >= 15 is 0 Å². The summed E-state index contributed by atoms with van der Waals surface area (Å²) in [6.07, 6.45) is 0. The first-order valence-corrected chi connectivity index (χ1v) is 6.42. The van der Waals surface area contributed by atoms with Crippen LogP contribution in [0.4, 0.5) is 0 Å². The van der Waals surface area contributed by atoms with E-state index in [9.17, 15) is 4.79 Å². The number of carbonyl (C=O) groups is 1. The summed E-state index contributed by atoms with van der Waals surface area (Å²) in [6.45, 7) is 1.68. The van der Waals surface area contributed by atoms with Crippen molar-refractivity contribution >= 4 is 17.7 Å². The largest absolute Gasteiger partial charge is 0.497 e. The Morgan fingerprint density at radius 3 is 2.63 bits per heavy atom. The SMILES string of the molecule is COc1ccc(-c2nnc(S[C@H](C)C(N)=O)o2)cc1. The number of ether oxygens (including phenoxy) is 1. The van der Waals surface area contributed by atoms with Gasteiger partial charge in [0.1, 0.15) is 5.75 Å². The van der Waals surface area contributed by atoms with Crippen LogP contribution in [0.3, 0.4) is 0 Å². The molecule has 0 fully saturated rings. The molecule has 0 saturated carbocycles. The summed E-state index contributed by atoms with van der Waals surface area (Å²) >= 11 is 1.14. The molecule has 1 aromatic heterocycles. The average Bonchev–Trinajstić information content (AvgIpc) is 2.87. The third-order valence-electron chi connectivity index (χ3n) is 2.42. The van der Waals surface area contributed by atoms with Gasteiger partial charge in [-0.1, -0.05) is 11.8 Å². The third kappa shape index (κ3) is 3.25. The van der Waals surface area contributed by atoms with Gasteiger partial charge in [-0.3, -0.25) is 4.79 Å². The fraction of sp³-hybridized carbons (Fsp3) is 0.250. The van der Waals surface area contributed by atoms with E-state index in [1.807, 2.05) is 12.1 Å². The second kappa shape index (κ2) is 5.75. The molecule has 1 heterocycles. The minimum absolute atomic E-state index is 0.317. The number of carbonyl (C=O) groups excluding carboxylic acids is 1. The predicted octanol–water partition coefficient (Wildman–Crippen LogP) is 1.71. The number of aromatic nitrogens is 2. The molecule has 1 amide bonds. The molecule has 0 radical (unpaired) electrons. The van der Waals surface area contributed by atoms with Gasteiger partial charge >= 0.3 is 0 Å². The maximum Gasteiger partial charge on any atom is 0.277 e. The maximum absolute atomic E-state index is 10.9. The van der Waals surface area contributed by atoms with Crippen molar-refractivity contribution in [3.63, 3.8) is 0 Å². The number of hydrogen-bond donors (Lipinski definition) is 1. The van der Waals surface area contributed by atoms with Gasteiger partial charge < -0.3 is 14.9 Å². The van der Waals surface area contributed by atoms with Crippen LogP contribution in [-0.2, 0) is 4.79 Å². The number of amides is 1. The number of nitrogens with zero attached hydrogens (tertiary/aromatic N) is 2. The molecule has 0 spiro atoms. The van der Waals surface area contributed by atoms with Crippen molar-refractivity contribution in [3.05, 3.63) is 24.3 Å². The quantitative estimate of drug-likeness (QED) is 0.838. The van der Waals surface area contributed by atoms with Crippen molar-refractivity contribution in [2.24, 2.45) is 5.73 Å². The molecule has 0 aliphatic carbocycles. The standard InChI is InChI=1S/C12H13N3O3S/c1-7(10(13)16)19-12-15-14-11(18-12)8-3-5-9(17-2)6-4-8/h3-7H,1-2H3,(H2,13,16)/t7-/m1/s1. The van der Waals surface area contributed by atoms with Gasteiger partial charge in [-0.2, -0.15) is 0 Å². The van der Waals surface area contributed by atoms with Crippen molar-refractivity contribution in [2.75, 3.05) is 7.11 Å². The Morgan fingerprint density at radius 1 is 1.37 bits per heavy atom. The van der Waals surface area contributed by atoms with Crippen LogP contribution in [0, 0.1) is 0 Å². The van der Waals surface area contributed by atoms with Gasteiger partial charge in [0, 0.05) is 5.56 Å². The van der Waals surface area contributed by atoms with Crippen LogP contribution in [0.1, 0.15) is 6.92 Å². The molecule has 0 aliphatic rings. The van der Waals surface area contributed by atoms with Crippen LogP contribution in [-0.4, -0.2) is 28.5 Å². The lowest BCUT2D eigenvalue weighted by molar-refractivity contribution is -0.117. The second-order valence-corrected chi connectivity index (χ2v) is 5.06. The van der Waals surface area contributed by atoms with Crippen molar-refractivity contribution in [1.82, 2.24) is 10.2 Å². The van der Waals surface area contributed by atoms with Crippen LogP contribution in [0.15, 0.2) is 33.9 Å². The molecule has 6 nitrogen and oxygen atoms in total. The van der Waals surface area contributed by atoms with Crippen LogP contribution >= 0.6 is 11.8 Å². The molecule has 7 heteroatoms. The molecular formula is C12H13N3O3S. The zero-order chi connectivity index (χ0) is 13.8. The van der Waals surface area contributed by atoms with E-state index in [0.29, 0.717) is 11.1 Å². The van der Waals surface area contributed by atoms with E-state index in [-0.39, 0.29) is 0 Å². The molecule has 100 valence electrons. The highest BCUT2D eigenvalue weighted by Gasteiger charge is 2.16. The summed E-state index contributed by atoms with van der Waals surface area (Å²) in [6, 6.07) is 7.24. The summed E-state index contributed by atoms with van der Waals surface area (Å²) in [5.41, 5.74) is 5.95. The topological polar surface area (TPSA) is 91.2 Å². The Hall–Kier alpha value is -2.02. The van der Waals surface area contributed by atoms with Gasteiger partial charge in [-0.15, -0.1) is 10.2 Å². The van der Waals surface area contributed by atoms with Crippen LogP contribution in [0.25, 0.3) is 11.5 Å². The van der Waals surface area contributed by atoms with E-state index in [0.717, 1.165) is 23.1 Å². The molecule has 0 aliphatic heterocycles. The van der Waals surface area contributed by atoms with Crippen LogP contribution < -0.4 is 10.5 Å². The van der Waals surface area contributed by atoms with E-state index in [2.05, 4.69) is 10.2 Å². The number of hydrogen-bond acceptors (Lipinski definition) is 6. The van der Waals surface area contributed by atoms with Gasteiger partial charge in [0.15, 0.2) is 0 Å². The number of primary amides is 1. The molecule has 0 saturated heterocycles. The van der Waals surface area contributed by atoms with Gasteiger partial charge in [-0.25, -0.2) is 0 Å². The van der Waals surface area contributed by atoms with Crippen LogP contribution in [0.5, 0.6) is 5.75 Å². The Bertz CT molecular complexity index is 568. The number of methoxy groups -OCH3 is 1. The van der Waals surface area contributed by atoms with Crippen molar-refractivity contribution < 1.29 is 13.9 Å². The Labute approximate surface area is 114 Å². The summed E-state index contributed by atoms with van der Waals surface area (Å²) in [5, 5.41) is 7.69. The molecule has 2 rings (SSSR count). The Morgan fingerprint density at radius 2 is 2.05 bits per heavy atom. The fourth-order valence-corrected chi connectivity index (χ4v) is 1.95. The maximum atomic E-state index is 10.9. The highest BCUT2D eigenvalue weighted by molar-refractivity contribution is 8.00. The minimum Gasteiger partial charge on any atom is -0.497 e. The molecule has 1 atom stereocenters. The number of nitrogens with two attached hydrogens (primary N) is 1. The lowest BCUT2D eigenvalue weighted by Crippen LogP contribution is -2.22. The van der Waals surface area contributed by atoms with Gasteiger partial charge in [0.05, 0.1) is 12.4 Å². The zero-order valence-electron chi connectivity index (χ0n) is 10.5. The minimum atomic E-state index is -0.422. The molecule has 2 N–H and O–H groups in total. The molecule has 0 bridgehead atoms. The number of benzene rings is 1. The van der Waals surface area contributed by atoms with Gasteiger partial charge in [0.2, 0.25) is 11.8 Å². The monoisotopic (exact) mass is 279 g/mol. The molecule has 19 heavy (non-hydrogen) atoms. The summed E-state index contributed by atoms with van der Waals surface area (Å²) in [4.78, 5) is 10.9. The first-order chi connectivity index (χ1) is 9.10. The summed E-state index contributed by atoms with van der Waals surface area (Å²) < 4.78 is 10.5. The van der Waals surface area contributed by atoms with E-state index < -0.39 is 11.2 Å². The second-order valence-electron chi connectivity index (χ2n) is 3.76. The average molecular weight is 279 g/mol. The van der Waals surface area contributed by atoms with E-state index in [4.69, 9.17) is 14.9 Å². The fourth-order valence-electron chi connectivity index (χ4n) is 1.32. The highest BCUT2D eigenvalue weighted by atomic mass is 32.2. The smallest absolute Gasteiger partial charge is 0.277 e. The first kappa shape index (κ1) is 13.4. The number of thioether (sulfide) groups is 1. The lowest BCUT2D eigenvalue weighted by atomic mass is 10.2. The lowest BCUT2D eigenvalue weighted by Gasteiger charge is -2.01. The van der Waals surface area contributed by atoms with Crippen molar-refractivity contribution in [2.45, 2.75) is 17.4 Å². The Balaban J connectivity index is 2.13. The van der Waals surface area contributed by atoms with Crippen molar-refractivity contribution in [3.8, 4) is 17.2 Å². The van der Waals surface area contributed by atoms with Gasteiger partial charge in [-0.05, 0) is 31.2 Å². The number of rotatable bonds is 5. The predicted molar refractivity (Wildman–Crippen MR) is 70.8 cm³/mol. The Kier molecular flexibility index (Phi) is 4.06. The van der Waals surface area contributed by atoms with E-state index in [1.54, 1.807) is 26.2 Å². The van der Waals surface area contributed by atoms with Gasteiger partial charge in [0.25, 0.3) is 5.22 Å². The third-order valence-corrected chi connectivity index (χ3v) is 3.37. The molecule has 1 aromatic carbocycles. The molecule has 2 aromatic rings. The summed E-state index contributed by atoms with van der Waals surface area (Å²) in [5.74, 6) is 0.719. The highest BCUT2D eigenvalue weighted by Crippen LogP contribution is 2.26. The van der Waals surface area contributed by atoms with Crippen LogP contribution in [0.2, 0.25) is 0 Å². The summed E-state index contributed by atoms with van der Waals surface area (Å²) in [7, 11) is 1.60.